The highest BCUT2D eigenvalue weighted by atomic mass is 16.5. The first-order chi connectivity index (χ1) is 8.35. The molecule has 0 fully saturated rings. The van der Waals surface area contributed by atoms with Crippen LogP contribution in [0, 0.1) is 0 Å². The van der Waals surface area contributed by atoms with Gasteiger partial charge in [-0.1, -0.05) is 19.4 Å². The van der Waals surface area contributed by atoms with Crippen molar-refractivity contribution in [3.8, 4) is 11.5 Å². The molecule has 0 N–H and O–H groups in total. The second kappa shape index (κ2) is 5.53. The number of hydrogen-bond donors (Lipinski definition) is 0. The maximum Gasteiger partial charge on any atom is 0.163 e. The van der Waals surface area contributed by atoms with Crippen LogP contribution in [0.1, 0.15) is 19.8 Å². The van der Waals surface area contributed by atoms with E-state index < -0.39 is 0 Å². The van der Waals surface area contributed by atoms with E-state index in [1.807, 2.05) is 24.3 Å². The fourth-order valence-electron chi connectivity index (χ4n) is 1.68. The first kappa shape index (κ1) is 11.7. The van der Waals surface area contributed by atoms with Crippen molar-refractivity contribution in [2.24, 2.45) is 0 Å². The maximum absolute atomic E-state index is 5.71. The number of aromatic nitrogens is 1. The molecule has 17 heavy (non-hydrogen) atoms. The molecule has 0 saturated heterocycles. The summed E-state index contributed by atoms with van der Waals surface area (Å²) in [4.78, 5) is 4.31. The zero-order valence-corrected chi connectivity index (χ0v) is 10.3. The average Bonchev–Trinajstić information content (AvgIpc) is 2.38. The van der Waals surface area contributed by atoms with Gasteiger partial charge in [-0.3, -0.25) is 4.98 Å². The molecule has 0 atom stereocenters. The number of methoxy groups -OCH3 is 1. The first-order valence-corrected chi connectivity index (χ1v) is 5.90. The Hall–Kier alpha value is -1.77. The SMILES string of the molecule is CCCCOc1cc2ncccc2cc1OC. The Balaban J connectivity index is 2.32. The van der Waals surface area contributed by atoms with Crippen LogP contribution in [0.4, 0.5) is 0 Å². The topological polar surface area (TPSA) is 31.4 Å². The minimum atomic E-state index is 0.713. The van der Waals surface area contributed by atoms with Gasteiger partial charge in [0.2, 0.25) is 0 Å². The summed E-state index contributed by atoms with van der Waals surface area (Å²) in [6.45, 7) is 2.85. The van der Waals surface area contributed by atoms with E-state index in [9.17, 15) is 0 Å². The summed E-state index contributed by atoms with van der Waals surface area (Å²) in [5, 5.41) is 1.06. The average molecular weight is 231 g/mol. The lowest BCUT2D eigenvalue weighted by Gasteiger charge is -2.11. The number of fused-ring (bicyclic) bond motifs is 1. The van der Waals surface area contributed by atoms with Gasteiger partial charge >= 0.3 is 0 Å². The number of hydrogen-bond acceptors (Lipinski definition) is 3. The number of benzene rings is 1. The predicted octanol–water partition coefficient (Wildman–Crippen LogP) is 3.42. The minimum Gasteiger partial charge on any atom is -0.493 e. The van der Waals surface area contributed by atoms with Crippen LogP contribution in [0.25, 0.3) is 10.9 Å². The number of ether oxygens (including phenoxy) is 2. The molecule has 0 saturated carbocycles. The lowest BCUT2D eigenvalue weighted by molar-refractivity contribution is 0.289. The van der Waals surface area contributed by atoms with Crippen LogP contribution < -0.4 is 9.47 Å². The van der Waals surface area contributed by atoms with Crippen molar-refractivity contribution in [2.75, 3.05) is 13.7 Å². The molecular weight excluding hydrogens is 214 g/mol. The van der Waals surface area contributed by atoms with E-state index in [1.54, 1.807) is 13.3 Å². The zero-order valence-electron chi connectivity index (χ0n) is 10.3. The first-order valence-electron chi connectivity index (χ1n) is 5.90. The largest absolute Gasteiger partial charge is 0.493 e. The molecule has 0 spiro atoms. The summed E-state index contributed by atoms with van der Waals surface area (Å²) in [5.74, 6) is 1.54. The quantitative estimate of drug-likeness (QED) is 0.739. The van der Waals surface area contributed by atoms with Gasteiger partial charge in [-0.05, 0) is 18.6 Å². The van der Waals surface area contributed by atoms with Crippen molar-refractivity contribution in [1.82, 2.24) is 4.98 Å². The van der Waals surface area contributed by atoms with Gasteiger partial charge in [-0.15, -0.1) is 0 Å². The second-order valence-corrected chi connectivity index (χ2v) is 3.90. The molecule has 2 aromatic rings. The molecule has 1 aromatic carbocycles. The van der Waals surface area contributed by atoms with Crippen LogP contribution in [-0.2, 0) is 0 Å². The van der Waals surface area contributed by atoms with E-state index in [2.05, 4.69) is 11.9 Å². The van der Waals surface area contributed by atoms with Gasteiger partial charge in [0.15, 0.2) is 11.5 Å². The lowest BCUT2D eigenvalue weighted by Crippen LogP contribution is -1.99. The van der Waals surface area contributed by atoms with Crippen LogP contribution in [0.5, 0.6) is 11.5 Å². The Kier molecular flexibility index (Phi) is 3.81. The lowest BCUT2D eigenvalue weighted by atomic mass is 10.2. The Morgan fingerprint density at radius 1 is 1.24 bits per heavy atom. The summed E-state index contributed by atoms with van der Waals surface area (Å²) < 4.78 is 11.0. The molecule has 0 aliphatic rings. The Labute approximate surface area is 101 Å². The van der Waals surface area contributed by atoms with Crippen LogP contribution >= 0.6 is 0 Å². The van der Waals surface area contributed by atoms with Gasteiger partial charge < -0.3 is 9.47 Å². The van der Waals surface area contributed by atoms with E-state index in [4.69, 9.17) is 9.47 Å². The fourth-order valence-corrected chi connectivity index (χ4v) is 1.68. The smallest absolute Gasteiger partial charge is 0.163 e. The normalized spacial score (nSPS) is 10.5. The molecule has 3 nitrogen and oxygen atoms in total. The van der Waals surface area contributed by atoms with Gasteiger partial charge in [-0.25, -0.2) is 0 Å². The van der Waals surface area contributed by atoms with Crippen molar-refractivity contribution in [2.45, 2.75) is 19.8 Å². The third kappa shape index (κ3) is 2.67. The molecule has 2 rings (SSSR count). The van der Waals surface area contributed by atoms with Crippen molar-refractivity contribution in [1.29, 1.82) is 0 Å². The monoisotopic (exact) mass is 231 g/mol. The molecule has 1 heterocycles. The van der Waals surface area contributed by atoms with Crippen LogP contribution in [0.15, 0.2) is 30.5 Å². The Bertz CT molecular complexity index is 497. The molecule has 3 heteroatoms. The Morgan fingerprint density at radius 3 is 2.88 bits per heavy atom. The maximum atomic E-state index is 5.71. The van der Waals surface area contributed by atoms with E-state index in [0.29, 0.717) is 6.61 Å². The van der Waals surface area contributed by atoms with Crippen LogP contribution in [0.3, 0.4) is 0 Å². The highest BCUT2D eigenvalue weighted by Gasteiger charge is 2.06. The van der Waals surface area contributed by atoms with Crippen molar-refractivity contribution in [3.63, 3.8) is 0 Å². The number of nitrogens with zero attached hydrogens (tertiary/aromatic N) is 1. The van der Waals surface area contributed by atoms with Crippen molar-refractivity contribution < 1.29 is 9.47 Å². The summed E-state index contributed by atoms with van der Waals surface area (Å²) in [6, 6.07) is 7.83. The predicted molar refractivity (Wildman–Crippen MR) is 68.7 cm³/mol. The molecule has 0 aliphatic carbocycles. The third-order valence-electron chi connectivity index (χ3n) is 2.64. The van der Waals surface area contributed by atoms with Crippen molar-refractivity contribution in [3.05, 3.63) is 30.5 Å². The molecule has 0 unspecified atom stereocenters. The van der Waals surface area contributed by atoms with E-state index >= 15 is 0 Å². The van der Waals surface area contributed by atoms with Gasteiger partial charge in [0.25, 0.3) is 0 Å². The van der Waals surface area contributed by atoms with Gasteiger partial charge in [0.1, 0.15) is 0 Å². The standard InChI is InChI=1S/C14H17NO2/c1-3-4-8-17-14-10-12-11(6-5-7-15-12)9-13(14)16-2/h5-7,9-10H,3-4,8H2,1-2H3. The van der Waals surface area contributed by atoms with E-state index in [-0.39, 0.29) is 0 Å². The Morgan fingerprint density at radius 2 is 2.12 bits per heavy atom. The van der Waals surface area contributed by atoms with Crippen molar-refractivity contribution >= 4 is 10.9 Å². The third-order valence-corrected chi connectivity index (χ3v) is 2.64. The van der Waals surface area contributed by atoms with Gasteiger partial charge in [0, 0.05) is 17.6 Å². The summed E-state index contributed by atoms with van der Waals surface area (Å²) in [7, 11) is 1.66. The number of rotatable bonds is 5. The highest BCUT2D eigenvalue weighted by Crippen LogP contribution is 2.31. The van der Waals surface area contributed by atoms with Gasteiger partial charge in [0.05, 0.1) is 19.2 Å². The van der Waals surface area contributed by atoms with E-state index in [0.717, 1.165) is 35.2 Å². The molecule has 90 valence electrons. The van der Waals surface area contributed by atoms with Crippen LogP contribution in [0.2, 0.25) is 0 Å². The number of pyridine rings is 1. The molecule has 0 bridgehead atoms. The molecule has 0 amide bonds. The minimum absolute atomic E-state index is 0.713. The fraction of sp³-hybridized carbons (Fsp3) is 0.357. The molecule has 0 radical (unpaired) electrons. The zero-order chi connectivity index (χ0) is 12.1. The summed E-state index contributed by atoms with van der Waals surface area (Å²) >= 11 is 0. The summed E-state index contributed by atoms with van der Waals surface area (Å²) in [5.41, 5.74) is 0.930. The highest BCUT2D eigenvalue weighted by molar-refractivity contribution is 5.82. The molecular formula is C14H17NO2. The van der Waals surface area contributed by atoms with E-state index in [1.165, 1.54) is 0 Å². The molecule has 0 aliphatic heterocycles. The van der Waals surface area contributed by atoms with Crippen LogP contribution in [-0.4, -0.2) is 18.7 Å². The molecule has 1 aromatic heterocycles. The van der Waals surface area contributed by atoms with Gasteiger partial charge in [-0.2, -0.15) is 0 Å². The second-order valence-electron chi connectivity index (χ2n) is 3.90. The summed E-state index contributed by atoms with van der Waals surface area (Å²) in [6.07, 6.45) is 3.95. The number of unbranched alkanes of at least 4 members (excludes halogenated alkanes) is 1.